The summed E-state index contributed by atoms with van der Waals surface area (Å²) >= 11 is 0. The van der Waals surface area contributed by atoms with E-state index < -0.39 is 0 Å². The number of nitrogens with zero attached hydrogens (tertiary/aromatic N) is 5. The highest BCUT2D eigenvalue weighted by Gasteiger charge is 2.20. The Bertz CT molecular complexity index is 1330. The SMILES string of the molecule is CC(=O)N1CCN(c2cc3ccnc(NCc4ccc(Cc5ccnc(C)c5)cc4)c3cn2)CC1. The van der Waals surface area contributed by atoms with Crippen LogP contribution in [0.3, 0.4) is 0 Å². The molecule has 4 heterocycles. The molecular weight excluding hydrogens is 436 g/mol. The van der Waals surface area contributed by atoms with Crippen molar-refractivity contribution in [3.05, 3.63) is 89.5 Å². The van der Waals surface area contributed by atoms with Crippen molar-refractivity contribution in [2.75, 3.05) is 36.4 Å². The lowest BCUT2D eigenvalue weighted by Gasteiger charge is -2.35. The number of fused-ring (bicyclic) bond motifs is 1. The van der Waals surface area contributed by atoms with E-state index in [-0.39, 0.29) is 5.91 Å². The number of carbonyl (C=O) groups excluding carboxylic acids is 1. The van der Waals surface area contributed by atoms with Crippen molar-refractivity contribution >= 4 is 28.3 Å². The molecule has 1 saturated heterocycles. The van der Waals surface area contributed by atoms with E-state index in [1.54, 1.807) is 6.92 Å². The van der Waals surface area contributed by atoms with E-state index in [0.29, 0.717) is 6.54 Å². The van der Waals surface area contributed by atoms with E-state index in [1.165, 1.54) is 16.7 Å². The third kappa shape index (κ3) is 5.40. The Kier molecular flexibility index (Phi) is 6.57. The van der Waals surface area contributed by atoms with Crippen LogP contribution >= 0.6 is 0 Å². The first-order valence-corrected chi connectivity index (χ1v) is 12.0. The van der Waals surface area contributed by atoms with Crippen molar-refractivity contribution in [1.82, 2.24) is 19.9 Å². The van der Waals surface area contributed by atoms with Gasteiger partial charge in [-0.2, -0.15) is 0 Å². The van der Waals surface area contributed by atoms with Gasteiger partial charge in [-0.3, -0.25) is 9.78 Å². The summed E-state index contributed by atoms with van der Waals surface area (Å²) in [6.07, 6.45) is 6.51. The molecule has 0 aliphatic carbocycles. The zero-order valence-corrected chi connectivity index (χ0v) is 20.2. The van der Waals surface area contributed by atoms with Crippen LogP contribution in [0.5, 0.6) is 0 Å². The van der Waals surface area contributed by atoms with Gasteiger partial charge >= 0.3 is 0 Å². The molecule has 178 valence electrons. The van der Waals surface area contributed by atoms with Gasteiger partial charge in [0.25, 0.3) is 0 Å². The quantitative estimate of drug-likeness (QED) is 0.459. The molecule has 1 amide bonds. The third-order valence-corrected chi connectivity index (χ3v) is 6.54. The zero-order valence-electron chi connectivity index (χ0n) is 20.2. The van der Waals surface area contributed by atoms with Crippen LogP contribution in [0.4, 0.5) is 11.6 Å². The fourth-order valence-corrected chi connectivity index (χ4v) is 4.53. The summed E-state index contributed by atoms with van der Waals surface area (Å²) in [4.78, 5) is 29.3. The summed E-state index contributed by atoms with van der Waals surface area (Å²) in [5.41, 5.74) is 4.80. The molecule has 0 saturated carbocycles. The van der Waals surface area contributed by atoms with Crippen LogP contribution in [0.2, 0.25) is 0 Å². The number of benzene rings is 1. The minimum absolute atomic E-state index is 0.136. The molecule has 1 N–H and O–H groups in total. The van der Waals surface area contributed by atoms with Crippen LogP contribution in [-0.4, -0.2) is 51.9 Å². The maximum Gasteiger partial charge on any atom is 0.219 e. The van der Waals surface area contributed by atoms with Gasteiger partial charge in [-0.25, -0.2) is 9.97 Å². The maximum atomic E-state index is 11.6. The molecule has 5 rings (SSSR count). The second kappa shape index (κ2) is 10.1. The normalized spacial score (nSPS) is 13.8. The zero-order chi connectivity index (χ0) is 24.2. The van der Waals surface area contributed by atoms with Crippen molar-refractivity contribution in [1.29, 1.82) is 0 Å². The predicted molar refractivity (Wildman–Crippen MR) is 140 cm³/mol. The Balaban J connectivity index is 1.24. The van der Waals surface area contributed by atoms with Gasteiger partial charge < -0.3 is 15.1 Å². The number of anilines is 2. The first-order chi connectivity index (χ1) is 17.0. The monoisotopic (exact) mass is 466 g/mol. The molecular formula is C28H30N6O. The minimum atomic E-state index is 0.136. The average Bonchev–Trinajstić information content (AvgIpc) is 2.88. The standard InChI is InChI=1S/C28H30N6O/c1-20-15-24(7-9-29-20)16-22-3-5-23(6-4-22)18-32-28-26-19-31-27(17-25(26)8-10-30-28)34-13-11-33(12-14-34)21(2)35/h3-10,15,17,19H,11-14,16,18H2,1-2H3,(H,30,32). The summed E-state index contributed by atoms with van der Waals surface area (Å²) in [7, 11) is 0. The summed E-state index contributed by atoms with van der Waals surface area (Å²) in [5.74, 6) is 1.91. The van der Waals surface area contributed by atoms with Gasteiger partial charge in [0.15, 0.2) is 0 Å². The second-order valence-corrected chi connectivity index (χ2v) is 9.07. The van der Waals surface area contributed by atoms with E-state index in [4.69, 9.17) is 4.98 Å². The number of amides is 1. The Hall–Kier alpha value is -4.00. The number of hydrogen-bond donors (Lipinski definition) is 1. The van der Waals surface area contributed by atoms with Crippen molar-refractivity contribution in [2.45, 2.75) is 26.8 Å². The molecule has 0 bridgehead atoms. The van der Waals surface area contributed by atoms with E-state index in [2.05, 4.69) is 62.6 Å². The third-order valence-electron chi connectivity index (χ3n) is 6.54. The molecule has 7 nitrogen and oxygen atoms in total. The van der Waals surface area contributed by atoms with Crippen molar-refractivity contribution < 1.29 is 4.79 Å². The molecule has 1 aromatic carbocycles. The molecule has 7 heteroatoms. The Labute approximate surface area is 205 Å². The lowest BCUT2D eigenvalue weighted by Crippen LogP contribution is -2.48. The van der Waals surface area contributed by atoms with Gasteiger partial charge in [-0.15, -0.1) is 0 Å². The molecule has 0 radical (unpaired) electrons. The van der Waals surface area contributed by atoms with E-state index in [9.17, 15) is 4.79 Å². The highest BCUT2D eigenvalue weighted by atomic mass is 16.2. The average molecular weight is 467 g/mol. The molecule has 0 unspecified atom stereocenters. The highest BCUT2D eigenvalue weighted by Crippen LogP contribution is 2.25. The van der Waals surface area contributed by atoms with Crippen LogP contribution < -0.4 is 10.2 Å². The number of piperazine rings is 1. The van der Waals surface area contributed by atoms with Gasteiger partial charge in [0, 0.05) is 69.3 Å². The van der Waals surface area contributed by atoms with Gasteiger partial charge in [-0.05, 0) is 59.7 Å². The number of carbonyl (C=O) groups is 1. The van der Waals surface area contributed by atoms with Crippen LogP contribution in [0.15, 0.2) is 67.1 Å². The van der Waals surface area contributed by atoms with E-state index in [1.807, 2.05) is 36.5 Å². The van der Waals surface area contributed by atoms with Crippen LogP contribution in [0.25, 0.3) is 10.8 Å². The van der Waals surface area contributed by atoms with Crippen molar-refractivity contribution in [2.24, 2.45) is 0 Å². The number of aromatic nitrogens is 3. The fourth-order valence-electron chi connectivity index (χ4n) is 4.53. The number of pyridine rings is 3. The summed E-state index contributed by atoms with van der Waals surface area (Å²) in [5, 5.41) is 5.59. The van der Waals surface area contributed by atoms with E-state index >= 15 is 0 Å². The summed E-state index contributed by atoms with van der Waals surface area (Å²) in [6.45, 7) is 7.40. The van der Waals surface area contributed by atoms with E-state index in [0.717, 1.165) is 60.7 Å². The van der Waals surface area contributed by atoms with Gasteiger partial charge in [0.2, 0.25) is 5.91 Å². The largest absolute Gasteiger partial charge is 0.365 e. The fraction of sp³-hybridized carbons (Fsp3) is 0.286. The summed E-state index contributed by atoms with van der Waals surface area (Å²) in [6, 6.07) is 17.0. The Morgan fingerprint density at radius 3 is 2.37 bits per heavy atom. The number of aryl methyl sites for hydroxylation is 1. The van der Waals surface area contributed by atoms with Crippen molar-refractivity contribution in [3.63, 3.8) is 0 Å². The Morgan fingerprint density at radius 2 is 1.63 bits per heavy atom. The van der Waals surface area contributed by atoms with Gasteiger partial charge in [0.05, 0.1) is 0 Å². The van der Waals surface area contributed by atoms with Crippen molar-refractivity contribution in [3.8, 4) is 0 Å². The molecule has 1 fully saturated rings. The molecule has 1 aliphatic heterocycles. The van der Waals surface area contributed by atoms with Crippen LogP contribution in [0.1, 0.15) is 29.3 Å². The first-order valence-electron chi connectivity index (χ1n) is 12.0. The molecule has 0 spiro atoms. The van der Waals surface area contributed by atoms with Gasteiger partial charge in [-0.1, -0.05) is 24.3 Å². The lowest BCUT2D eigenvalue weighted by atomic mass is 10.0. The van der Waals surface area contributed by atoms with Crippen LogP contribution in [0, 0.1) is 6.92 Å². The number of nitrogens with one attached hydrogen (secondary N) is 1. The topological polar surface area (TPSA) is 74.2 Å². The molecule has 35 heavy (non-hydrogen) atoms. The highest BCUT2D eigenvalue weighted by molar-refractivity contribution is 5.92. The first kappa shape index (κ1) is 22.8. The maximum absolute atomic E-state index is 11.6. The molecule has 4 aromatic rings. The molecule has 3 aromatic heterocycles. The minimum Gasteiger partial charge on any atom is -0.365 e. The molecule has 0 atom stereocenters. The lowest BCUT2D eigenvalue weighted by molar-refractivity contribution is -0.129. The number of rotatable bonds is 6. The molecule has 1 aliphatic rings. The smallest absolute Gasteiger partial charge is 0.219 e. The Morgan fingerprint density at radius 1 is 0.886 bits per heavy atom. The van der Waals surface area contributed by atoms with Crippen LogP contribution in [-0.2, 0) is 17.8 Å². The number of hydrogen-bond acceptors (Lipinski definition) is 6. The summed E-state index contributed by atoms with van der Waals surface area (Å²) < 4.78 is 0. The predicted octanol–water partition coefficient (Wildman–Crippen LogP) is 4.20. The second-order valence-electron chi connectivity index (χ2n) is 9.07. The van der Waals surface area contributed by atoms with Gasteiger partial charge in [0.1, 0.15) is 11.6 Å².